The van der Waals surface area contributed by atoms with E-state index in [1.165, 1.54) is 22.4 Å². The van der Waals surface area contributed by atoms with Crippen LogP contribution in [0.3, 0.4) is 0 Å². The highest BCUT2D eigenvalue weighted by molar-refractivity contribution is 5.89. The molecule has 4 aromatic rings. The predicted molar refractivity (Wildman–Crippen MR) is 131 cm³/mol. The van der Waals surface area contributed by atoms with Gasteiger partial charge in [0.15, 0.2) is 11.5 Å². The molecule has 4 rings (SSSR count). The van der Waals surface area contributed by atoms with Crippen LogP contribution in [0, 0.1) is 20.8 Å². The predicted octanol–water partition coefficient (Wildman–Crippen LogP) is 6.03. The minimum absolute atomic E-state index is 0. The van der Waals surface area contributed by atoms with Crippen LogP contribution in [0.15, 0.2) is 54.7 Å². The Bertz CT molecular complexity index is 1220. The molecule has 0 aliphatic carbocycles. The Balaban J connectivity index is 0.00000289. The Morgan fingerprint density at radius 1 is 0.906 bits per heavy atom. The molecule has 2 heterocycles. The molecule has 0 fully saturated rings. The summed E-state index contributed by atoms with van der Waals surface area (Å²) < 4.78 is 19.5. The van der Waals surface area contributed by atoms with E-state index in [9.17, 15) is 0 Å². The average molecular weight is 453 g/mol. The Morgan fingerprint density at radius 2 is 1.66 bits per heavy atom. The largest absolute Gasteiger partial charge is 0.493 e. The van der Waals surface area contributed by atoms with E-state index in [0.717, 1.165) is 23.0 Å². The summed E-state index contributed by atoms with van der Waals surface area (Å²) in [6.07, 6.45) is 1.81. The quantitative estimate of drug-likeness (QED) is 0.343. The molecule has 0 saturated heterocycles. The van der Waals surface area contributed by atoms with Crippen molar-refractivity contribution in [3.8, 4) is 17.4 Å². The van der Waals surface area contributed by atoms with E-state index in [0.29, 0.717) is 24.0 Å². The Kier molecular flexibility index (Phi) is 7.31. The van der Waals surface area contributed by atoms with Gasteiger partial charge in [-0.25, -0.2) is 4.98 Å². The molecule has 2 aromatic carbocycles. The van der Waals surface area contributed by atoms with Crippen molar-refractivity contribution in [1.82, 2.24) is 9.55 Å². The minimum atomic E-state index is 0. The fourth-order valence-electron chi connectivity index (χ4n) is 3.96. The second-order valence-corrected chi connectivity index (χ2v) is 7.74. The van der Waals surface area contributed by atoms with Crippen LogP contribution in [0.4, 0.5) is 0 Å². The van der Waals surface area contributed by atoms with Crippen LogP contribution in [0.2, 0.25) is 0 Å². The molecule has 0 amide bonds. The minimum Gasteiger partial charge on any atom is -0.493 e. The van der Waals surface area contributed by atoms with Gasteiger partial charge in [0.2, 0.25) is 5.88 Å². The molecule has 168 valence electrons. The highest BCUT2D eigenvalue weighted by Gasteiger charge is 2.18. The van der Waals surface area contributed by atoms with E-state index in [1.807, 2.05) is 24.4 Å². The maximum Gasteiger partial charge on any atom is 0.238 e. The van der Waals surface area contributed by atoms with Gasteiger partial charge >= 0.3 is 0 Å². The van der Waals surface area contributed by atoms with E-state index >= 15 is 0 Å². The number of para-hydroxylation sites is 1. The fraction of sp³-hybridized carbons (Fsp3) is 0.269. The maximum absolute atomic E-state index is 6.25. The summed E-state index contributed by atoms with van der Waals surface area (Å²) in [4.78, 5) is 4.58. The zero-order valence-electron chi connectivity index (χ0n) is 19.1. The van der Waals surface area contributed by atoms with Gasteiger partial charge in [0.1, 0.15) is 12.1 Å². The number of aryl methyl sites for hydroxylation is 2. The number of methoxy groups -OCH3 is 2. The van der Waals surface area contributed by atoms with Crippen molar-refractivity contribution < 1.29 is 14.2 Å². The number of benzene rings is 2. The van der Waals surface area contributed by atoms with Crippen LogP contribution in [0.1, 0.15) is 27.9 Å². The molecule has 0 radical (unpaired) electrons. The molecule has 0 bridgehead atoms. The first-order valence-corrected chi connectivity index (χ1v) is 10.4. The molecule has 0 saturated carbocycles. The van der Waals surface area contributed by atoms with Gasteiger partial charge in [-0.15, -0.1) is 12.4 Å². The van der Waals surface area contributed by atoms with Crippen LogP contribution in [0.25, 0.3) is 10.9 Å². The Hall–Kier alpha value is -3.18. The third-order valence-electron chi connectivity index (χ3n) is 5.82. The van der Waals surface area contributed by atoms with Crippen LogP contribution in [-0.2, 0) is 13.2 Å². The van der Waals surface area contributed by atoms with Gasteiger partial charge in [0.05, 0.1) is 14.2 Å². The number of aromatic nitrogens is 2. The van der Waals surface area contributed by atoms with Crippen LogP contribution in [-0.4, -0.2) is 23.8 Å². The van der Waals surface area contributed by atoms with Gasteiger partial charge in [0, 0.05) is 29.4 Å². The van der Waals surface area contributed by atoms with Crippen molar-refractivity contribution in [2.75, 3.05) is 14.2 Å². The second-order valence-electron chi connectivity index (χ2n) is 7.74. The molecular weight excluding hydrogens is 424 g/mol. The summed E-state index contributed by atoms with van der Waals surface area (Å²) >= 11 is 0. The summed E-state index contributed by atoms with van der Waals surface area (Å²) in [7, 11) is 3.27. The number of fused-ring (bicyclic) bond motifs is 1. The van der Waals surface area contributed by atoms with Crippen molar-refractivity contribution in [3.63, 3.8) is 0 Å². The number of ether oxygens (including phenoxy) is 3. The summed E-state index contributed by atoms with van der Waals surface area (Å²) in [5, 5.41) is 1.16. The lowest BCUT2D eigenvalue weighted by molar-refractivity contribution is 0.283. The smallest absolute Gasteiger partial charge is 0.238 e. The summed E-state index contributed by atoms with van der Waals surface area (Å²) in [6.45, 7) is 7.50. The third-order valence-corrected chi connectivity index (χ3v) is 5.82. The number of nitrogens with zero attached hydrogens (tertiary/aromatic N) is 2. The molecule has 6 heteroatoms. The normalized spacial score (nSPS) is 10.7. The maximum atomic E-state index is 6.25. The Morgan fingerprint density at radius 3 is 2.34 bits per heavy atom. The van der Waals surface area contributed by atoms with Gasteiger partial charge in [0.25, 0.3) is 0 Å². The lowest BCUT2D eigenvalue weighted by Gasteiger charge is -2.15. The zero-order chi connectivity index (χ0) is 22.0. The van der Waals surface area contributed by atoms with Gasteiger partial charge in [-0.1, -0.05) is 42.0 Å². The molecule has 0 unspecified atom stereocenters. The summed E-state index contributed by atoms with van der Waals surface area (Å²) in [5.41, 5.74) is 6.88. The lowest BCUT2D eigenvalue weighted by Crippen LogP contribution is -2.06. The topological polar surface area (TPSA) is 45.5 Å². The third kappa shape index (κ3) is 4.39. The molecule has 2 aromatic heterocycles. The molecule has 0 atom stereocenters. The van der Waals surface area contributed by atoms with Gasteiger partial charge in [-0.05, 0) is 44.0 Å². The summed E-state index contributed by atoms with van der Waals surface area (Å²) in [5.74, 6) is 1.98. The standard InChI is InChI=1S/C26H28N2O3.ClH/c1-17-9-11-20(12-10-17)15-28-19(3)18(2)22-13-14-27-26(24(22)28)31-16-21-7-6-8-23(29-4)25(21)30-5;/h6-14H,15-16H2,1-5H3;1H. The van der Waals surface area contributed by atoms with E-state index in [-0.39, 0.29) is 12.4 Å². The van der Waals surface area contributed by atoms with Crippen molar-refractivity contribution in [2.24, 2.45) is 0 Å². The first kappa shape index (κ1) is 23.5. The number of hydrogen-bond donors (Lipinski definition) is 0. The van der Waals surface area contributed by atoms with E-state index in [4.69, 9.17) is 14.2 Å². The first-order chi connectivity index (χ1) is 15.0. The van der Waals surface area contributed by atoms with Crippen LogP contribution >= 0.6 is 12.4 Å². The molecule has 32 heavy (non-hydrogen) atoms. The van der Waals surface area contributed by atoms with E-state index < -0.39 is 0 Å². The zero-order valence-corrected chi connectivity index (χ0v) is 20.0. The molecule has 5 nitrogen and oxygen atoms in total. The molecule has 0 spiro atoms. The van der Waals surface area contributed by atoms with E-state index in [2.05, 4.69) is 60.7 Å². The van der Waals surface area contributed by atoms with Crippen molar-refractivity contribution in [1.29, 1.82) is 0 Å². The molecule has 0 N–H and O–H groups in total. The molecule has 0 aliphatic rings. The van der Waals surface area contributed by atoms with Crippen molar-refractivity contribution in [2.45, 2.75) is 33.9 Å². The highest BCUT2D eigenvalue weighted by Crippen LogP contribution is 2.34. The second kappa shape index (κ2) is 9.96. The lowest BCUT2D eigenvalue weighted by atomic mass is 10.1. The summed E-state index contributed by atoms with van der Waals surface area (Å²) in [6, 6.07) is 16.5. The SMILES string of the molecule is COc1cccc(COc2nccc3c(C)c(C)n(Cc4ccc(C)cc4)c23)c1OC.Cl. The van der Waals surface area contributed by atoms with Gasteiger partial charge in [-0.2, -0.15) is 0 Å². The number of hydrogen-bond acceptors (Lipinski definition) is 4. The highest BCUT2D eigenvalue weighted by atomic mass is 35.5. The number of rotatable bonds is 7. The fourth-order valence-corrected chi connectivity index (χ4v) is 3.96. The number of pyridine rings is 1. The number of halogens is 1. The van der Waals surface area contributed by atoms with E-state index in [1.54, 1.807) is 14.2 Å². The van der Waals surface area contributed by atoms with Gasteiger partial charge in [-0.3, -0.25) is 0 Å². The van der Waals surface area contributed by atoms with Crippen LogP contribution < -0.4 is 14.2 Å². The van der Waals surface area contributed by atoms with Gasteiger partial charge < -0.3 is 18.8 Å². The van der Waals surface area contributed by atoms with Crippen molar-refractivity contribution >= 4 is 23.3 Å². The van der Waals surface area contributed by atoms with Crippen LogP contribution in [0.5, 0.6) is 17.4 Å². The van der Waals surface area contributed by atoms with Crippen molar-refractivity contribution in [3.05, 3.63) is 82.7 Å². The first-order valence-electron chi connectivity index (χ1n) is 10.4. The molecular formula is C26H29ClN2O3. The Labute approximate surface area is 195 Å². The molecule has 0 aliphatic heterocycles. The average Bonchev–Trinajstić information content (AvgIpc) is 3.04. The monoisotopic (exact) mass is 452 g/mol.